The molecule has 0 saturated heterocycles. The number of rotatable bonds is 1. The van der Waals surface area contributed by atoms with E-state index in [1.54, 1.807) is 6.20 Å². The van der Waals surface area contributed by atoms with Crippen molar-refractivity contribution in [3.8, 4) is 0 Å². The smallest absolute Gasteiger partial charge is 0.154 e. The largest absolute Gasteiger partial charge is 0.382 e. The van der Waals surface area contributed by atoms with Crippen LogP contribution in [0.15, 0.2) is 12.4 Å². The monoisotopic (exact) mass is 176 g/mol. The molecule has 3 N–H and O–H groups in total. The number of fused-ring (bicyclic) bond motifs is 1. The predicted molar refractivity (Wildman–Crippen MR) is 52.4 cm³/mol. The molecule has 4 nitrogen and oxygen atoms in total. The number of aromatic nitrogens is 3. The zero-order valence-electron chi connectivity index (χ0n) is 7.70. The van der Waals surface area contributed by atoms with Gasteiger partial charge in [0.05, 0.1) is 10.9 Å². The number of nitrogens with one attached hydrogen (secondary N) is 1. The van der Waals surface area contributed by atoms with Crippen LogP contribution in [-0.4, -0.2) is 15.2 Å². The Bertz CT molecular complexity index is 430. The van der Waals surface area contributed by atoms with E-state index in [-0.39, 0.29) is 0 Å². The van der Waals surface area contributed by atoms with E-state index in [1.807, 2.05) is 6.20 Å². The van der Waals surface area contributed by atoms with Gasteiger partial charge in [-0.3, -0.25) is 10.1 Å². The van der Waals surface area contributed by atoms with Crippen LogP contribution in [0.25, 0.3) is 10.9 Å². The van der Waals surface area contributed by atoms with E-state index < -0.39 is 0 Å². The number of pyridine rings is 1. The standard InChI is InChI=1S/C9H12N4/c1-5(2)6-3-11-4-7-8(6)12-13-9(7)10/h3-5H,1-2H3,(H3,10,12,13). The number of hydrogen-bond donors (Lipinski definition) is 2. The third-order valence-electron chi connectivity index (χ3n) is 2.16. The van der Waals surface area contributed by atoms with Crippen LogP contribution in [0.3, 0.4) is 0 Å². The van der Waals surface area contributed by atoms with E-state index in [0.29, 0.717) is 11.7 Å². The van der Waals surface area contributed by atoms with Crippen LogP contribution < -0.4 is 5.73 Å². The van der Waals surface area contributed by atoms with E-state index in [2.05, 4.69) is 29.0 Å². The lowest BCUT2D eigenvalue weighted by molar-refractivity contribution is 0.864. The van der Waals surface area contributed by atoms with Gasteiger partial charge < -0.3 is 5.73 Å². The Hall–Kier alpha value is -1.58. The number of hydrogen-bond acceptors (Lipinski definition) is 3. The lowest BCUT2D eigenvalue weighted by atomic mass is 10.0. The number of nitrogens with zero attached hydrogens (tertiary/aromatic N) is 2. The molecule has 2 heterocycles. The van der Waals surface area contributed by atoms with Crippen molar-refractivity contribution < 1.29 is 0 Å². The molecule has 0 aliphatic rings. The maximum Gasteiger partial charge on any atom is 0.154 e. The molecule has 2 rings (SSSR count). The van der Waals surface area contributed by atoms with Crippen LogP contribution in [0.5, 0.6) is 0 Å². The van der Waals surface area contributed by atoms with Crippen LogP contribution in [0, 0.1) is 0 Å². The SMILES string of the molecule is CC(C)c1cncc2c(N)n[nH]c12. The average molecular weight is 176 g/mol. The Labute approximate surface area is 76.2 Å². The summed E-state index contributed by atoms with van der Waals surface area (Å²) in [6.45, 7) is 4.24. The minimum Gasteiger partial charge on any atom is -0.382 e. The van der Waals surface area contributed by atoms with Crippen molar-refractivity contribution >= 4 is 16.7 Å². The number of nitrogen functional groups attached to an aromatic ring is 1. The fourth-order valence-corrected chi connectivity index (χ4v) is 1.41. The Kier molecular flexibility index (Phi) is 1.69. The summed E-state index contributed by atoms with van der Waals surface area (Å²) in [4.78, 5) is 4.13. The fourth-order valence-electron chi connectivity index (χ4n) is 1.41. The summed E-state index contributed by atoms with van der Waals surface area (Å²) >= 11 is 0. The Morgan fingerprint density at radius 3 is 2.85 bits per heavy atom. The summed E-state index contributed by atoms with van der Waals surface area (Å²) in [6.07, 6.45) is 3.59. The number of anilines is 1. The topological polar surface area (TPSA) is 67.6 Å². The van der Waals surface area contributed by atoms with Crippen molar-refractivity contribution in [3.05, 3.63) is 18.0 Å². The van der Waals surface area contributed by atoms with Crippen molar-refractivity contribution in [1.82, 2.24) is 15.2 Å². The molecule has 0 fully saturated rings. The van der Waals surface area contributed by atoms with Crippen molar-refractivity contribution in [2.75, 3.05) is 5.73 Å². The molecule has 0 atom stereocenters. The lowest BCUT2D eigenvalue weighted by Crippen LogP contribution is -1.90. The molecule has 0 unspecified atom stereocenters. The first-order valence-electron chi connectivity index (χ1n) is 4.27. The first kappa shape index (κ1) is 8.04. The Morgan fingerprint density at radius 2 is 2.15 bits per heavy atom. The molecular formula is C9H12N4. The molecule has 2 aromatic heterocycles. The maximum atomic E-state index is 5.66. The number of aromatic amines is 1. The predicted octanol–water partition coefficient (Wildman–Crippen LogP) is 1.66. The molecule has 4 heteroatoms. The van der Waals surface area contributed by atoms with Gasteiger partial charge in [0, 0.05) is 12.4 Å². The summed E-state index contributed by atoms with van der Waals surface area (Å²) < 4.78 is 0. The second-order valence-corrected chi connectivity index (χ2v) is 3.41. The first-order chi connectivity index (χ1) is 6.20. The van der Waals surface area contributed by atoms with Gasteiger partial charge in [0.25, 0.3) is 0 Å². The van der Waals surface area contributed by atoms with Crippen LogP contribution in [0.1, 0.15) is 25.3 Å². The minimum absolute atomic E-state index is 0.427. The van der Waals surface area contributed by atoms with Gasteiger partial charge in [0.15, 0.2) is 5.82 Å². The molecule has 0 saturated carbocycles. The molecule has 0 spiro atoms. The van der Waals surface area contributed by atoms with Crippen LogP contribution in [0.2, 0.25) is 0 Å². The van der Waals surface area contributed by atoms with E-state index in [9.17, 15) is 0 Å². The highest BCUT2D eigenvalue weighted by Crippen LogP contribution is 2.24. The van der Waals surface area contributed by atoms with Crippen LogP contribution in [-0.2, 0) is 0 Å². The number of H-pyrrole nitrogens is 1. The second kappa shape index (κ2) is 2.73. The highest BCUT2D eigenvalue weighted by atomic mass is 15.2. The van der Waals surface area contributed by atoms with Gasteiger partial charge in [-0.1, -0.05) is 13.8 Å². The van der Waals surface area contributed by atoms with E-state index in [0.717, 1.165) is 16.5 Å². The summed E-state index contributed by atoms with van der Waals surface area (Å²) in [6, 6.07) is 0. The highest BCUT2D eigenvalue weighted by molar-refractivity contribution is 5.90. The van der Waals surface area contributed by atoms with Gasteiger partial charge in [0.2, 0.25) is 0 Å². The molecule has 0 aliphatic carbocycles. The van der Waals surface area contributed by atoms with Gasteiger partial charge in [-0.05, 0) is 11.5 Å². The van der Waals surface area contributed by atoms with E-state index >= 15 is 0 Å². The second-order valence-electron chi connectivity index (χ2n) is 3.41. The molecule has 0 amide bonds. The summed E-state index contributed by atoms with van der Waals surface area (Å²) in [7, 11) is 0. The van der Waals surface area contributed by atoms with Crippen molar-refractivity contribution in [1.29, 1.82) is 0 Å². The first-order valence-corrected chi connectivity index (χ1v) is 4.27. The third-order valence-corrected chi connectivity index (χ3v) is 2.16. The van der Waals surface area contributed by atoms with Crippen molar-refractivity contribution in [2.24, 2.45) is 0 Å². The Morgan fingerprint density at radius 1 is 1.38 bits per heavy atom. The average Bonchev–Trinajstić information content (AvgIpc) is 2.48. The lowest BCUT2D eigenvalue weighted by Gasteiger charge is -2.04. The van der Waals surface area contributed by atoms with Gasteiger partial charge in [-0.15, -0.1) is 0 Å². The number of nitrogens with two attached hydrogens (primary N) is 1. The van der Waals surface area contributed by atoms with Crippen LogP contribution >= 0.6 is 0 Å². The van der Waals surface area contributed by atoms with Gasteiger partial charge in [-0.2, -0.15) is 5.10 Å². The van der Waals surface area contributed by atoms with Gasteiger partial charge in [0.1, 0.15) is 0 Å². The molecule has 13 heavy (non-hydrogen) atoms. The quantitative estimate of drug-likeness (QED) is 0.694. The maximum absolute atomic E-state index is 5.66. The van der Waals surface area contributed by atoms with Crippen LogP contribution in [0.4, 0.5) is 5.82 Å². The fraction of sp³-hybridized carbons (Fsp3) is 0.333. The van der Waals surface area contributed by atoms with Gasteiger partial charge >= 0.3 is 0 Å². The van der Waals surface area contributed by atoms with Gasteiger partial charge in [-0.25, -0.2) is 0 Å². The Balaban J connectivity index is 2.77. The molecule has 0 bridgehead atoms. The third kappa shape index (κ3) is 1.14. The zero-order valence-corrected chi connectivity index (χ0v) is 7.70. The molecule has 2 aromatic rings. The van der Waals surface area contributed by atoms with Crippen molar-refractivity contribution in [2.45, 2.75) is 19.8 Å². The minimum atomic E-state index is 0.427. The summed E-state index contributed by atoms with van der Waals surface area (Å²) in [5.74, 6) is 0.945. The van der Waals surface area contributed by atoms with Crippen molar-refractivity contribution in [3.63, 3.8) is 0 Å². The molecule has 68 valence electrons. The zero-order chi connectivity index (χ0) is 9.42. The molecule has 0 radical (unpaired) electrons. The normalized spacial score (nSPS) is 11.3. The van der Waals surface area contributed by atoms with E-state index in [1.165, 1.54) is 0 Å². The van der Waals surface area contributed by atoms with E-state index in [4.69, 9.17) is 5.73 Å². The summed E-state index contributed by atoms with van der Waals surface area (Å²) in [5, 5.41) is 7.78. The molecule has 0 aromatic carbocycles. The highest BCUT2D eigenvalue weighted by Gasteiger charge is 2.09. The summed E-state index contributed by atoms with van der Waals surface area (Å²) in [5.41, 5.74) is 7.82. The molecule has 0 aliphatic heterocycles. The molecular weight excluding hydrogens is 164 g/mol.